The fourth-order valence-electron chi connectivity index (χ4n) is 3.30. The van der Waals surface area contributed by atoms with Crippen molar-refractivity contribution in [3.63, 3.8) is 0 Å². The lowest BCUT2D eigenvalue weighted by Gasteiger charge is -2.24. The van der Waals surface area contributed by atoms with Crippen LogP contribution < -0.4 is 5.56 Å². The molecule has 1 fully saturated rings. The topological polar surface area (TPSA) is 46.8 Å². The third kappa shape index (κ3) is 3.84. The highest BCUT2D eigenvalue weighted by molar-refractivity contribution is 7.15. The lowest BCUT2D eigenvalue weighted by atomic mass is 10.2. The molecule has 0 spiro atoms. The quantitative estimate of drug-likeness (QED) is 0.663. The van der Waals surface area contributed by atoms with Gasteiger partial charge in [0, 0.05) is 48.3 Å². The maximum atomic E-state index is 12.4. The first kappa shape index (κ1) is 16.9. The molecule has 1 saturated heterocycles. The van der Waals surface area contributed by atoms with Gasteiger partial charge in [0.05, 0.1) is 11.8 Å². The Morgan fingerprint density at radius 1 is 1.40 bits per heavy atom. The first-order valence-corrected chi connectivity index (χ1v) is 10.3. The predicted octanol–water partition coefficient (Wildman–Crippen LogP) is 3.31. The molecule has 0 unspecified atom stereocenters. The first-order chi connectivity index (χ1) is 12.2. The summed E-state index contributed by atoms with van der Waals surface area (Å²) in [5.74, 6) is 0. The molecule has 132 valence electrons. The molecular weight excluding hydrogens is 354 g/mol. The van der Waals surface area contributed by atoms with Gasteiger partial charge in [-0.25, -0.2) is 4.98 Å². The van der Waals surface area contributed by atoms with Crippen LogP contribution in [0.3, 0.4) is 0 Å². The lowest BCUT2D eigenvalue weighted by Crippen LogP contribution is -2.32. The molecule has 0 bridgehead atoms. The molecule has 3 aromatic heterocycles. The molecule has 0 aliphatic carbocycles. The molecule has 0 aromatic carbocycles. The van der Waals surface area contributed by atoms with Crippen molar-refractivity contribution >= 4 is 27.6 Å². The summed E-state index contributed by atoms with van der Waals surface area (Å²) in [6.45, 7) is 5.20. The van der Waals surface area contributed by atoms with Crippen molar-refractivity contribution in [1.82, 2.24) is 14.3 Å². The summed E-state index contributed by atoms with van der Waals surface area (Å²) in [6, 6.07) is 5.90. The average molecular weight is 376 g/mol. The molecule has 0 radical (unpaired) electrons. The fraction of sp³-hybridized carbons (Fsp3) is 0.444. The second kappa shape index (κ2) is 7.37. The molecule has 4 rings (SSSR count). The second-order valence-electron chi connectivity index (χ2n) is 6.46. The number of fused-ring (bicyclic) bond motifs is 1. The predicted molar refractivity (Wildman–Crippen MR) is 101 cm³/mol. The third-order valence-electron chi connectivity index (χ3n) is 4.46. The smallest absolute Gasteiger partial charge is 0.259 e. The van der Waals surface area contributed by atoms with E-state index in [0.717, 1.165) is 48.9 Å². The molecule has 7 heteroatoms. The van der Waals surface area contributed by atoms with E-state index in [0.29, 0.717) is 6.54 Å². The molecule has 25 heavy (non-hydrogen) atoms. The van der Waals surface area contributed by atoms with Crippen molar-refractivity contribution in [1.29, 1.82) is 0 Å². The largest absolute Gasteiger partial charge is 0.377 e. The zero-order chi connectivity index (χ0) is 17.2. The number of thiophene rings is 1. The molecule has 0 saturated carbocycles. The van der Waals surface area contributed by atoms with Crippen LogP contribution in [0.4, 0.5) is 0 Å². The van der Waals surface area contributed by atoms with Gasteiger partial charge < -0.3 is 4.74 Å². The molecule has 1 aliphatic rings. The highest BCUT2D eigenvalue weighted by atomic mass is 32.1. The molecule has 4 heterocycles. The first-order valence-electron chi connectivity index (χ1n) is 8.52. The van der Waals surface area contributed by atoms with Gasteiger partial charge in [-0.2, -0.15) is 0 Å². The molecular formula is C18H21N3O2S2. The van der Waals surface area contributed by atoms with E-state index in [1.807, 2.05) is 12.3 Å². The molecule has 1 atom stereocenters. The average Bonchev–Trinajstić information content (AvgIpc) is 3.31. The SMILES string of the molecule is Cc1csc2nc(CN(Cc3cccs3)C[C@@H]3CCCO3)cc(=O)n12. The number of rotatable bonds is 6. The summed E-state index contributed by atoms with van der Waals surface area (Å²) in [6.07, 6.45) is 2.53. The number of aryl methyl sites for hydroxylation is 1. The van der Waals surface area contributed by atoms with E-state index < -0.39 is 0 Å². The summed E-state index contributed by atoms with van der Waals surface area (Å²) >= 11 is 3.28. The van der Waals surface area contributed by atoms with Crippen molar-refractivity contribution in [2.75, 3.05) is 13.2 Å². The van der Waals surface area contributed by atoms with Crippen LogP contribution >= 0.6 is 22.7 Å². The molecule has 3 aromatic rings. The van der Waals surface area contributed by atoms with Gasteiger partial charge in [-0.05, 0) is 31.2 Å². The van der Waals surface area contributed by atoms with Gasteiger partial charge in [-0.3, -0.25) is 14.1 Å². The van der Waals surface area contributed by atoms with Crippen LogP contribution in [0.2, 0.25) is 0 Å². The Kier molecular flexibility index (Phi) is 4.98. The Morgan fingerprint density at radius 3 is 3.08 bits per heavy atom. The summed E-state index contributed by atoms with van der Waals surface area (Å²) in [4.78, 5) is 21.6. The summed E-state index contributed by atoms with van der Waals surface area (Å²) in [7, 11) is 0. The normalized spacial score (nSPS) is 17.8. The van der Waals surface area contributed by atoms with E-state index in [9.17, 15) is 4.79 Å². The van der Waals surface area contributed by atoms with Crippen LogP contribution in [0, 0.1) is 6.92 Å². The standard InChI is InChI=1S/C18H21N3O2S2/c1-13-12-25-18-19-14(8-17(22)21(13)18)9-20(10-15-4-2-6-23-15)11-16-5-3-7-24-16/h3,5,7-8,12,15H,2,4,6,9-11H2,1H3/t15-/m0/s1. The van der Waals surface area contributed by atoms with E-state index in [1.165, 1.54) is 16.2 Å². The second-order valence-corrected chi connectivity index (χ2v) is 8.33. The number of ether oxygens (including phenoxy) is 1. The highest BCUT2D eigenvalue weighted by Gasteiger charge is 2.20. The summed E-state index contributed by atoms with van der Waals surface area (Å²) < 4.78 is 7.49. The third-order valence-corrected chi connectivity index (χ3v) is 6.26. The van der Waals surface area contributed by atoms with Crippen LogP contribution in [0.15, 0.2) is 33.8 Å². The van der Waals surface area contributed by atoms with Crippen molar-refractivity contribution in [2.24, 2.45) is 0 Å². The zero-order valence-electron chi connectivity index (χ0n) is 14.2. The fourth-order valence-corrected chi connectivity index (χ4v) is 4.93. The van der Waals surface area contributed by atoms with Crippen molar-refractivity contribution in [3.05, 3.63) is 55.6 Å². The molecule has 5 nitrogen and oxygen atoms in total. The number of thiazole rings is 1. The van der Waals surface area contributed by atoms with Crippen molar-refractivity contribution in [3.8, 4) is 0 Å². The van der Waals surface area contributed by atoms with E-state index in [-0.39, 0.29) is 11.7 Å². The molecule has 0 amide bonds. The van der Waals surface area contributed by atoms with E-state index in [2.05, 4.69) is 22.4 Å². The van der Waals surface area contributed by atoms with Gasteiger partial charge >= 0.3 is 0 Å². The van der Waals surface area contributed by atoms with Crippen LogP contribution in [0.25, 0.3) is 4.96 Å². The Hall–Kier alpha value is -1.54. The van der Waals surface area contributed by atoms with Crippen LogP contribution in [0.5, 0.6) is 0 Å². The Bertz CT molecular complexity index is 895. The van der Waals surface area contributed by atoms with Crippen LogP contribution in [-0.2, 0) is 17.8 Å². The van der Waals surface area contributed by atoms with E-state index in [1.54, 1.807) is 21.8 Å². The minimum absolute atomic E-state index is 0.00643. The summed E-state index contributed by atoms with van der Waals surface area (Å²) in [5, 5.41) is 4.08. The maximum absolute atomic E-state index is 12.4. The zero-order valence-corrected chi connectivity index (χ0v) is 15.8. The lowest BCUT2D eigenvalue weighted by molar-refractivity contribution is 0.0678. The van der Waals surface area contributed by atoms with Gasteiger partial charge in [0.15, 0.2) is 4.96 Å². The van der Waals surface area contributed by atoms with Crippen LogP contribution in [0.1, 0.15) is 29.1 Å². The number of aromatic nitrogens is 2. The van der Waals surface area contributed by atoms with Crippen molar-refractivity contribution in [2.45, 2.75) is 39.0 Å². The molecule has 1 aliphatic heterocycles. The van der Waals surface area contributed by atoms with E-state index in [4.69, 9.17) is 9.72 Å². The Labute approximate surface area is 154 Å². The maximum Gasteiger partial charge on any atom is 0.259 e. The van der Waals surface area contributed by atoms with Gasteiger partial charge in [0.2, 0.25) is 0 Å². The Balaban J connectivity index is 1.57. The van der Waals surface area contributed by atoms with Crippen LogP contribution in [-0.4, -0.2) is 33.5 Å². The van der Waals surface area contributed by atoms with Gasteiger partial charge in [0.25, 0.3) is 5.56 Å². The number of nitrogens with zero attached hydrogens (tertiary/aromatic N) is 3. The van der Waals surface area contributed by atoms with Gasteiger partial charge in [-0.1, -0.05) is 6.07 Å². The minimum atomic E-state index is 0.00643. The summed E-state index contributed by atoms with van der Waals surface area (Å²) in [5.41, 5.74) is 1.78. The minimum Gasteiger partial charge on any atom is -0.377 e. The van der Waals surface area contributed by atoms with Gasteiger partial charge in [-0.15, -0.1) is 22.7 Å². The Morgan fingerprint density at radius 2 is 2.32 bits per heavy atom. The number of hydrogen-bond donors (Lipinski definition) is 0. The monoisotopic (exact) mass is 375 g/mol. The number of hydrogen-bond acceptors (Lipinski definition) is 6. The van der Waals surface area contributed by atoms with Crippen molar-refractivity contribution < 1.29 is 4.74 Å². The molecule has 0 N–H and O–H groups in total. The van der Waals surface area contributed by atoms with E-state index >= 15 is 0 Å². The highest BCUT2D eigenvalue weighted by Crippen LogP contribution is 2.19. The van der Waals surface area contributed by atoms with Gasteiger partial charge in [0.1, 0.15) is 0 Å².